The Labute approximate surface area is 145 Å². The van der Waals surface area contributed by atoms with E-state index in [0.29, 0.717) is 15.0 Å². The molecule has 0 atom stereocenters. The van der Waals surface area contributed by atoms with E-state index in [9.17, 15) is 14.4 Å². The first-order chi connectivity index (χ1) is 11.1. The average molecular weight is 395 g/mol. The number of nitrogens with one attached hydrogen (secondary N) is 1. The molecular weight excluding hydrogens is 383 g/mol. The maximum atomic E-state index is 13.6. The number of carbonyl (C=O) groups excluding carboxylic acids is 1. The van der Waals surface area contributed by atoms with E-state index in [-0.39, 0.29) is 12.4 Å². The van der Waals surface area contributed by atoms with Gasteiger partial charge < -0.3 is 10.1 Å². The highest BCUT2D eigenvalue weighted by molar-refractivity contribution is 9.10. The van der Waals surface area contributed by atoms with Gasteiger partial charge >= 0.3 is 0 Å². The smallest absolute Gasteiger partial charge is 0.262 e. The molecule has 1 aliphatic rings. The van der Waals surface area contributed by atoms with Gasteiger partial charge in [-0.05, 0) is 43.0 Å². The topological polar surface area (TPSA) is 62.1 Å². The van der Waals surface area contributed by atoms with Gasteiger partial charge in [-0.25, -0.2) is 4.39 Å². The minimum Gasteiger partial charge on any atom is -0.481 e. The summed E-state index contributed by atoms with van der Waals surface area (Å²) in [6, 6.07) is 6.51. The number of fused-ring (bicyclic) bond motifs is 1. The lowest BCUT2D eigenvalue weighted by Crippen LogP contribution is -2.20. The molecule has 1 aliphatic carbocycles. The molecule has 7 heteroatoms. The summed E-state index contributed by atoms with van der Waals surface area (Å²) in [6.45, 7) is -0.314. The number of carbonyl (C=O) groups is 1. The highest BCUT2D eigenvalue weighted by Crippen LogP contribution is 2.38. The van der Waals surface area contributed by atoms with Gasteiger partial charge in [0.2, 0.25) is 0 Å². The lowest BCUT2D eigenvalue weighted by atomic mass is 10.1. The second-order valence-electron chi connectivity index (χ2n) is 5.08. The van der Waals surface area contributed by atoms with Gasteiger partial charge in [0.1, 0.15) is 11.1 Å². The molecule has 0 saturated heterocycles. The number of hydrogen-bond acceptors (Lipinski definition) is 4. The maximum Gasteiger partial charge on any atom is 0.262 e. The molecular formula is C16H12BrFN2O2S. The van der Waals surface area contributed by atoms with Gasteiger partial charge in [-0.2, -0.15) is 5.26 Å². The minimum absolute atomic E-state index is 0.0116. The molecule has 3 rings (SSSR count). The van der Waals surface area contributed by atoms with Crippen LogP contribution in [0.5, 0.6) is 5.75 Å². The zero-order valence-electron chi connectivity index (χ0n) is 12.0. The van der Waals surface area contributed by atoms with Crippen molar-refractivity contribution in [2.24, 2.45) is 0 Å². The van der Waals surface area contributed by atoms with Crippen LogP contribution in [0.3, 0.4) is 0 Å². The Kier molecular flexibility index (Phi) is 4.64. The summed E-state index contributed by atoms with van der Waals surface area (Å²) in [7, 11) is 0. The molecule has 0 bridgehead atoms. The number of nitriles is 1. The zero-order chi connectivity index (χ0) is 16.4. The van der Waals surface area contributed by atoms with Gasteiger partial charge in [-0.1, -0.05) is 15.9 Å². The molecule has 0 saturated carbocycles. The number of aryl methyl sites for hydroxylation is 1. The number of thiophene rings is 1. The van der Waals surface area contributed by atoms with Crippen LogP contribution in [0.2, 0.25) is 0 Å². The molecule has 2 aromatic rings. The highest BCUT2D eigenvalue weighted by Gasteiger charge is 2.23. The molecule has 0 radical (unpaired) electrons. The number of anilines is 1. The first-order valence-electron chi connectivity index (χ1n) is 7.01. The predicted molar refractivity (Wildman–Crippen MR) is 89.3 cm³/mol. The Bertz CT molecular complexity index is 813. The van der Waals surface area contributed by atoms with E-state index in [1.165, 1.54) is 23.5 Å². The van der Waals surface area contributed by atoms with Gasteiger partial charge in [-0.15, -0.1) is 11.3 Å². The summed E-state index contributed by atoms with van der Waals surface area (Å²) in [4.78, 5) is 13.2. The van der Waals surface area contributed by atoms with Crippen LogP contribution in [-0.4, -0.2) is 12.5 Å². The number of nitrogens with zero attached hydrogens (tertiary/aromatic N) is 1. The molecule has 4 nitrogen and oxygen atoms in total. The third-order valence-corrected chi connectivity index (χ3v) is 5.24. The predicted octanol–water partition coefficient (Wildman–Crippen LogP) is 4.03. The van der Waals surface area contributed by atoms with Crippen LogP contribution < -0.4 is 10.1 Å². The fourth-order valence-electron chi connectivity index (χ4n) is 2.51. The third kappa shape index (κ3) is 3.38. The standard InChI is InChI=1S/C16H12BrFN2O2S/c17-9-4-5-13(12(18)6-9)22-8-15(21)20-16-11(7-19)10-2-1-3-14(10)23-16/h4-6H,1-3,8H2,(H,20,21). The summed E-state index contributed by atoms with van der Waals surface area (Å²) >= 11 is 4.59. The number of ether oxygens (including phenoxy) is 1. The number of halogens is 2. The first-order valence-corrected chi connectivity index (χ1v) is 8.61. The van der Waals surface area contributed by atoms with E-state index in [1.54, 1.807) is 6.07 Å². The Hall–Kier alpha value is -1.91. The summed E-state index contributed by atoms with van der Waals surface area (Å²) in [5.74, 6) is -0.943. The molecule has 118 valence electrons. The van der Waals surface area contributed by atoms with Crippen LogP contribution in [0, 0.1) is 17.1 Å². The Morgan fingerprint density at radius 2 is 2.30 bits per heavy atom. The summed E-state index contributed by atoms with van der Waals surface area (Å²) < 4.78 is 19.4. The van der Waals surface area contributed by atoms with Gasteiger partial charge in [0.15, 0.2) is 18.2 Å². The number of benzene rings is 1. The minimum atomic E-state index is -0.542. The van der Waals surface area contributed by atoms with Crippen LogP contribution in [0.4, 0.5) is 9.39 Å². The Balaban J connectivity index is 1.65. The first kappa shape index (κ1) is 16.0. The molecule has 1 aromatic carbocycles. The molecule has 1 N–H and O–H groups in total. The van der Waals surface area contributed by atoms with E-state index < -0.39 is 11.7 Å². The molecule has 0 fully saturated rings. The molecule has 0 aliphatic heterocycles. The number of amides is 1. The van der Waals surface area contributed by atoms with Crippen LogP contribution in [-0.2, 0) is 17.6 Å². The van der Waals surface area contributed by atoms with Gasteiger partial charge in [0.05, 0.1) is 5.56 Å². The van der Waals surface area contributed by atoms with Crippen molar-refractivity contribution in [3.8, 4) is 11.8 Å². The summed E-state index contributed by atoms with van der Waals surface area (Å²) in [5, 5.41) is 12.5. The van der Waals surface area contributed by atoms with E-state index in [0.717, 1.165) is 29.7 Å². The Morgan fingerprint density at radius 3 is 3.04 bits per heavy atom. The van der Waals surface area contributed by atoms with Crippen molar-refractivity contribution in [1.82, 2.24) is 0 Å². The largest absolute Gasteiger partial charge is 0.481 e. The van der Waals surface area contributed by atoms with E-state index in [1.807, 2.05) is 0 Å². The average Bonchev–Trinajstić information content (AvgIpc) is 3.06. The fraction of sp³-hybridized carbons (Fsp3) is 0.250. The van der Waals surface area contributed by atoms with Crippen molar-refractivity contribution in [2.75, 3.05) is 11.9 Å². The quantitative estimate of drug-likeness (QED) is 0.851. The summed E-state index contributed by atoms with van der Waals surface area (Å²) in [5.41, 5.74) is 1.60. The van der Waals surface area contributed by atoms with Crippen LogP contribution in [0.25, 0.3) is 0 Å². The molecule has 1 aromatic heterocycles. The van der Waals surface area contributed by atoms with Crippen LogP contribution in [0.15, 0.2) is 22.7 Å². The SMILES string of the molecule is N#Cc1c(NC(=O)COc2ccc(Br)cc2F)sc2c1CCC2. The molecule has 0 unspecified atom stereocenters. The van der Waals surface area contributed by atoms with Gasteiger partial charge in [0, 0.05) is 9.35 Å². The van der Waals surface area contributed by atoms with Gasteiger partial charge in [-0.3, -0.25) is 4.79 Å². The fourth-order valence-corrected chi connectivity index (χ4v) is 4.10. The second-order valence-corrected chi connectivity index (χ2v) is 7.11. The van der Waals surface area contributed by atoms with Gasteiger partial charge in [0.25, 0.3) is 5.91 Å². The lowest BCUT2D eigenvalue weighted by Gasteiger charge is -2.08. The van der Waals surface area contributed by atoms with E-state index in [2.05, 4.69) is 27.3 Å². The van der Waals surface area contributed by atoms with Crippen LogP contribution >= 0.6 is 27.3 Å². The molecule has 1 amide bonds. The van der Waals surface area contributed by atoms with Crippen molar-refractivity contribution in [1.29, 1.82) is 5.26 Å². The lowest BCUT2D eigenvalue weighted by molar-refractivity contribution is -0.118. The van der Waals surface area contributed by atoms with Crippen molar-refractivity contribution < 1.29 is 13.9 Å². The van der Waals surface area contributed by atoms with E-state index >= 15 is 0 Å². The second kappa shape index (κ2) is 6.69. The van der Waals surface area contributed by atoms with Crippen molar-refractivity contribution >= 4 is 38.2 Å². The van der Waals surface area contributed by atoms with E-state index in [4.69, 9.17) is 4.74 Å². The monoisotopic (exact) mass is 394 g/mol. The Morgan fingerprint density at radius 1 is 1.48 bits per heavy atom. The third-order valence-electron chi connectivity index (χ3n) is 3.54. The molecule has 0 spiro atoms. The number of hydrogen-bond donors (Lipinski definition) is 1. The maximum absolute atomic E-state index is 13.6. The van der Waals surface area contributed by atoms with Crippen molar-refractivity contribution in [3.05, 3.63) is 44.5 Å². The molecule has 23 heavy (non-hydrogen) atoms. The van der Waals surface area contributed by atoms with Crippen molar-refractivity contribution in [2.45, 2.75) is 19.3 Å². The summed E-state index contributed by atoms with van der Waals surface area (Å²) in [6.07, 6.45) is 2.88. The van der Waals surface area contributed by atoms with Crippen molar-refractivity contribution in [3.63, 3.8) is 0 Å². The number of rotatable bonds is 4. The normalized spacial score (nSPS) is 12.6. The van der Waals surface area contributed by atoms with Crippen LogP contribution in [0.1, 0.15) is 22.4 Å². The zero-order valence-corrected chi connectivity index (χ0v) is 14.4. The highest BCUT2D eigenvalue weighted by atomic mass is 79.9. The molecule has 1 heterocycles.